The normalized spacial score (nSPS) is 13.2. The van der Waals surface area contributed by atoms with Crippen molar-refractivity contribution in [1.29, 1.82) is 0 Å². The minimum atomic E-state index is -0.0502. The van der Waals surface area contributed by atoms with Gasteiger partial charge in [-0.25, -0.2) is 5.01 Å². The fourth-order valence-electron chi connectivity index (χ4n) is 7.44. The predicted octanol–water partition coefficient (Wildman–Crippen LogP) is 13.6. The number of para-hydroxylation sites is 1. The molecule has 7 aromatic carbocycles. The Morgan fingerprint density at radius 1 is 0.400 bits per heavy atom. The molecule has 0 aliphatic carbocycles. The second-order valence-corrected chi connectivity index (χ2v) is 16.6. The predicted molar refractivity (Wildman–Crippen MR) is 235 cm³/mol. The molecular formula is C52H49N3. The molecule has 1 aliphatic rings. The van der Waals surface area contributed by atoms with Crippen LogP contribution in [-0.2, 0) is 10.8 Å². The Balaban J connectivity index is 1.39. The van der Waals surface area contributed by atoms with Gasteiger partial charge >= 0.3 is 0 Å². The summed E-state index contributed by atoms with van der Waals surface area (Å²) in [5, 5.41) is 7.85. The van der Waals surface area contributed by atoms with E-state index in [2.05, 4.69) is 227 Å². The van der Waals surface area contributed by atoms with Crippen LogP contribution >= 0.6 is 0 Å². The van der Waals surface area contributed by atoms with Crippen molar-refractivity contribution in [1.82, 2.24) is 0 Å². The highest BCUT2D eigenvalue weighted by Gasteiger charge is 2.33. The first kappa shape index (κ1) is 35.8. The van der Waals surface area contributed by atoms with Gasteiger partial charge in [0.15, 0.2) is 5.84 Å². The summed E-state index contributed by atoms with van der Waals surface area (Å²) >= 11 is 0. The summed E-state index contributed by atoms with van der Waals surface area (Å²) in [7, 11) is 0. The molecule has 55 heavy (non-hydrogen) atoms. The van der Waals surface area contributed by atoms with Crippen LogP contribution in [0.25, 0.3) is 44.5 Å². The third-order valence-corrected chi connectivity index (χ3v) is 10.6. The van der Waals surface area contributed by atoms with Crippen LogP contribution < -0.4 is 9.91 Å². The van der Waals surface area contributed by atoms with Gasteiger partial charge < -0.3 is 4.90 Å². The zero-order valence-electron chi connectivity index (χ0n) is 32.8. The molecule has 3 nitrogen and oxygen atoms in total. The zero-order chi connectivity index (χ0) is 38.2. The van der Waals surface area contributed by atoms with Gasteiger partial charge in [-0.15, -0.1) is 0 Å². The summed E-state index contributed by atoms with van der Waals surface area (Å²) < 4.78 is 0. The lowest BCUT2D eigenvalue weighted by molar-refractivity contribution is 0.568. The summed E-state index contributed by atoms with van der Waals surface area (Å²) in [5.74, 6) is 0.934. The molecule has 3 heteroatoms. The maximum Gasteiger partial charge on any atom is 0.162 e. The van der Waals surface area contributed by atoms with E-state index in [0.29, 0.717) is 6.67 Å². The minimum Gasteiger partial charge on any atom is -0.303 e. The van der Waals surface area contributed by atoms with Gasteiger partial charge in [0.05, 0.1) is 11.4 Å². The van der Waals surface area contributed by atoms with Crippen molar-refractivity contribution < 1.29 is 0 Å². The van der Waals surface area contributed by atoms with Crippen LogP contribution in [0.1, 0.15) is 58.2 Å². The molecule has 0 saturated carbocycles. The van der Waals surface area contributed by atoms with Crippen molar-refractivity contribution in [3.8, 4) is 44.5 Å². The number of hydrazone groups is 1. The summed E-state index contributed by atoms with van der Waals surface area (Å²) in [6.45, 7) is 14.4. The maximum absolute atomic E-state index is 5.65. The first-order valence-electron chi connectivity index (χ1n) is 19.3. The Hall–Kier alpha value is -6.19. The lowest BCUT2D eigenvalue weighted by Gasteiger charge is -2.29. The van der Waals surface area contributed by atoms with Crippen LogP contribution in [0.15, 0.2) is 181 Å². The van der Waals surface area contributed by atoms with Crippen molar-refractivity contribution >= 4 is 17.2 Å². The van der Waals surface area contributed by atoms with Crippen LogP contribution in [0, 0.1) is 0 Å². The first-order valence-corrected chi connectivity index (χ1v) is 19.3. The lowest BCUT2D eigenvalue weighted by Crippen LogP contribution is -2.33. The molecule has 0 radical (unpaired) electrons. The standard InChI is InChI=1S/C52H49N3/c1-51(2,3)44-31-43(32-45(35-44)52(4,5)6)50-53-55(46-33-41(37-20-11-7-12-21-37)30-42(34-46)38-22-13-8-14-23-38)36-54(50)49-47(39-24-15-9-16-25-39)28-19-29-48(49)40-26-17-10-18-27-40/h7-35H,36H2,1-6H3. The van der Waals surface area contributed by atoms with Gasteiger partial charge in [-0.3, -0.25) is 0 Å². The average Bonchev–Trinajstić information content (AvgIpc) is 3.66. The van der Waals surface area contributed by atoms with Crippen molar-refractivity contribution in [2.75, 3.05) is 16.6 Å². The van der Waals surface area contributed by atoms with E-state index in [0.717, 1.165) is 33.9 Å². The summed E-state index contributed by atoms with van der Waals surface area (Å²) in [5.41, 5.74) is 15.1. The molecule has 0 unspecified atom stereocenters. The smallest absolute Gasteiger partial charge is 0.162 e. The van der Waals surface area contributed by atoms with Crippen molar-refractivity contribution in [2.45, 2.75) is 52.4 Å². The highest BCUT2D eigenvalue weighted by molar-refractivity contribution is 6.16. The monoisotopic (exact) mass is 715 g/mol. The molecule has 0 bridgehead atoms. The maximum atomic E-state index is 5.65. The van der Waals surface area contributed by atoms with Crippen LogP contribution in [-0.4, -0.2) is 12.5 Å². The molecule has 0 aromatic heterocycles. The third kappa shape index (κ3) is 7.48. The van der Waals surface area contributed by atoms with Crippen LogP contribution in [0.3, 0.4) is 0 Å². The molecular weight excluding hydrogens is 667 g/mol. The van der Waals surface area contributed by atoms with Crippen molar-refractivity contribution in [3.63, 3.8) is 0 Å². The Morgan fingerprint density at radius 3 is 1.24 bits per heavy atom. The van der Waals surface area contributed by atoms with E-state index in [-0.39, 0.29) is 10.8 Å². The van der Waals surface area contributed by atoms with Crippen LogP contribution in [0.5, 0.6) is 0 Å². The number of hydrogen-bond donors (Lipinski definition) is 0. The van der Waals surface area contributed by atoms with Crippen LogP contribution in [0.2, 0.25) is 0 Å². The molecule has 8 rings (SSSR count). The fourth-order valence-corrected chi connectivity index (χ4v) is 7.44. The fraction of sp³-hybridized carbons (Fsp3) is 0.173. The number of hydrogen-bond acceptors (Lipinski definition) is 3. The Morgan fingerprint density at radius 2 is 0.818 bits per heavy atom. The van der Waals surface area contributed by atoms with Gasteiger partial charge in [0.1, 0.15) is 6.67 Å². The van der Waals surface area contributed by atoms with E-state index >= 15 is 0 Å². The molecule has 272 valence electrons. The molecule has 1 aliphatic heterocycles. The zero-order valence-corrected chi connectivity index (χ0v) is 32.8. The van der Waals surface area contributed by atoms with E-state index in [1.54, 1.807) is 0 Å². The van der Waals surface area contributed by atoms with E-state index in [9.17, 15) is 0 Å². The molecule has 0 amide bonds. The van der Waals surface area contributed by atoms with Crippen molar-refractivity contribution in [2.24, 2.45) is 5.10 Å². The number of anilines is 2. The van der Waals surface area contributed by atoms with Crippen molar-refractivity contribution in [3.05, 3.63) is 193 Å². The summed E-state index contributed by atoms with van der Waals surface area (Å²) in [4.78, 5) is 2.45. The molecule has 0 fully saturated rings. The van der Waals surface area contributed by atoms with E-state index in [1.165, 1.54) is 44.5 Å². The SMILES string of the molecule is CC(C)(C)c1cc(C2=NN(c3cc(-c4ccccc4)cc(-c4ccccc4)c3)CN2c2c(-c3ccccc3)cccc2-c2ccccc2)cc(C(C)(C)C)c1. The van der Waals surface area contributed by atoms with E-state index in [4.69, 9.17) is 5.10 Å². The average molecular weight is 716 g/mol. The molecule has 0 spiro atoms. The van der Waals surface area contributed by atoms with Gasteiger partial charge in [-0.1, -0.05) is 187 Å². The molecule has 7 aromatic rings. The summed E-state index contributed by atoms with van der Waals surface area (Å²) in [6.07, 6.45) is 0. The second-order valence-electron chi connectivity index (χ2n) is 16.6. The molecule has 0 saturated heterocycles. The van der Waals surface area contributed by atoms with Gasteiger partial charge in [0.2, 0.25) is 0 Å². The number of benzene rings is 7. The Kier molecular flexibility index (Phi) is 9.49. The van der Waals surface area contributed by atoms with E-state index < -0.39 is 0 Å². The van der Waals surface area contributed by atoms with Gasteiger partial charge in [-0.2, -0.15) is 5.10 Å². The number of amidine groups is 1. The highest BCUT2D eigenvalue weighted by atomic mass is 15.6. The Bertz CT molecular complexity index is 2310. The molecule has 1 heterocycles. The number of nitrogens with zero attached hydrogens (tertiary/aromatic N) is 3. The summed E-state index contributed by atoms with van der Waals surface area (Å²) in [6, 6.07) is 63.6. The van der Waals surface area contributed by atoms with Gasteiger partial charge in [-0.05, 0) is 85.7 Å². The largest absolute Gasteiger partial charge is 0.303 e. The second kappa shape index (κ2) is 14.6. The van der Waals surface area contributed by atoms with Gasteiger partial charge in [0.25, 0.3) is 0 Å². The van der Waals surface area contributed by atoms with Crippen LogP contribution in [0.4, 0.5) is 11.4 Å². The number of rotatable bonds is 7. The van der Waals surface area contributed by atoms with E-state index in [1.807, 2.05) is 0 Å². The Labute approximate surface area is 327 Å². The third-order valence-electron chi connectivity index (χ3n) is 10.6. The topological polar surface area (TPSA) is 18.8 Å². The quantitative estimate of drug-likeness (QED) is 0.164. The minimum absolute atomic E-state index is 0.0502. The van der Waals surface area contributed by atoms with Gasteiger partial charge in [0, 0.05) is 16.7 Å². The molecule has 0 N–H and O–H groups in total. The molecule has 0 atom stereocenters. The first-order chi connectivity index (χ1) is 26.5. The lowest BCUT2D eigenvalue weighted by atomic mass is 9.79. The highest BCUT2D eigenvalue weighted by Crippen LogP contribution is 2.44.